The van der Waals surface area contributed by atoms with Crippen molar-refractivity contribution in [1.29, 1.82) is 0 Å². The van der Waals surface area contributed by atoms with Gasteiger partial charge in [-0.05, 0) is 43.6 Å². The molecule has 7 heteroatoms. The first-order valence-corrected chi connectivity index (χ1v) is 10.4. The molecule has 1 fully saturated rings. The van der Waals surface area contributed by atoms with Crippen LogP contribution >= 0.6 is 0 Å². The molecule has 2 heterocycles. The summed E-state index contributed by atoms with van der Waals surface area (Å²) in [5, 5.41) is 13.8. The van der Waals surface area contributed by atoms with Crippen LogP contribution in [0.3, 0.4) is 0 Å². The summed E-state index contributed by atoms with van der Waals surface area (Å²) in [6.45, 7) is 4.58. The van der Waals surface area contributed by atoms with Gasteiger partial charge in [-0.2, -0.15) is 0 Å². The zero-order valence-electron chi connectivity index (χ0n) is 17.2. The normalized spacial score (nSPS) is 15.8. The third-order valence-electron chi connectivity index (χ3n) is 5.08. The summed E-state index contributed by atoms with van der Waals surface area (Å²) in [6.07, 6.45) is 9.22. The fourth-order valence-electron chi connectivity index (χ4n) is 3.53. The number of nitrogens with one attached hydrogen (secondary N) is 1. The van der Waals surface area contributed by atoms with Gasteiger partial charge in [-0.25, -0.2) is 0 Å². The number of hydrogen-bond acceptors (Lipinski definition) is 7. The topological polar surface area (TPSA) is 79.7 Å². The average molecular weight is 401 g/mol. The van der Waals surface area contributed by atoms with E-state index in [-0.39, 0.29) is 6.61 Å². The molecule has 1 aromatic heterocycles. The van der Waals surface area contributed by atoms with E-state index in [0.717, 1.165) is 43.9 Å². The van der Waals surface area contributed by atoms with Crippen molar-refractivity contribution >= 4 is 0 Å². The van der Waals surface area contributed by atoms with Crippen LogP contribution in [0.2, 0.25) is 0 Å². The molecule has 0 amide bonds. The number of likely N-dealkylation sites (tertiary alicyclic amines) is 1. The number of ether oxygens (including phenoxy) is 2. The van der Waals surface area contributed by atoms with Crippen LogP contribution in [0.5, 0.6) is 11.5 Å². The molecule has 3 rings (SSSR count). The molecule has 1 aromatic carbocycles. The van der Waals surface area contributed by atoms with Crippen LogP contribution < -0.4 is 14.8 Å². The number of rotatable bonds is 11. The summed E-state index contributed by atoms with van der Waals surface area (Å²) < 4.78 is 11.3. The van der Waals surface area contributed by atoms with E-state index in [1.165, 1.54) is 19.3 Å². The first-order chi connectivity index (χ1) is 14.2. The molecule has 0 aliphatic carbocycles. The van der Waals surface area contributed by atoms with Crippen molar-refractivity contribution in [1.82, 2.24) is 20.2 Å². The Morgan fingerprint density at radius 2 is 2.03 bits per heavy atom. The molecule has 0 bridgehead atoms. The van der Waals surface area contributed by atoms with Gasteiger partial charge in [0.15, 0.2) is 11.5 Å². The molecule has 1 aliphatic heterocycles. The number of aliphatic hydroxyl groups is 1. The highest BCUT2D eigenvalue weighted by molar-refractivity contribution is 5.43. The van der Waals surface area contributed by atoms with Crippen molar-refractivity contribution in [2.75, 3.05) is 39.9 Å². The first kappa shape index (κ1) is 21.5. The van der Waals surface area contributed by atoms with E-state index in [1.807, 2.05) is 18.2 Å². The first-order valence-electron chi connectivity index (χ1n) is 10.4. The standard InChI is InChI=1S/C22H32N4O3/c1-28-21-6-5-18(14-23-8-7-19-15-24-9-10-25-19)13-22(21)29-17-20(27)16-26-11-3-2-4-12-26/h5-6,9-10,13,15,20,23,27H,2-4,7-8,11-12,14,16-17H2,1H3. The zero-order valence-corrected chi connectivity index (χ0v) is 17.2. The Kier molecular flexibility index (Phi) is 8.67. The fraction of sp³-hybridized carbons (Fsp3) is 0.545. The number of benzene rings is 1. The molecule has 1 atom stereocenters. The van der Waals surface area contributed by atoms with Gasteiger partial charge in [-0.3, -0.25) is 9.97 Å². The summed E-state index contributed by atoms with van der Waals surface area (Å²) in [7, 11) is 1.63. The fourth-order valence-corrected chi connectivity index (χ4v) is 3.53. The predicted octanol–water partition coefficient (Wildman–Crippen LogP) is 2.04. The smallest absolute Gasteiger partial charge is 0.161 e. The Labute approximate surface area is 173 Å². The lowest BCUT2D eigenvalue weighted by Gasteiger charge is -2.28. The van der Waals surface area contributed by atoms with Crippen LogP contribution in [0.15, 0.2) is 36.8 Å². The van der Waals surface area contributed by atoms with Gasteiger partial charge in [0.1, 0.15) is 12.7 Å². The lowest BCUT2D eigenvalue weighted by atomic mass is 10.1. The Morgan fingerprint density at radius 1 is 1.17 bits per heavy atom. The van der Waals surface area contributed by atoms with E-state index in [1.54, 1.807) is 25.7 Å². The molecule has 2 aromatic rings. The SMILES string of the molecule is COc1ccc(CNCCc2cnccn2)cc1OCC(O)CN1CCCCC1. The van der Waals surface area contributed by atoms with E-state index >= 15 is 0 Å². The van der Waals surface area contributed by atoms with Crippen LogP contribution in [-0.2, 0) is 13.0 Å². The van der Waals surface area contributed by atoms with Gasteiger partial charge in [0.2, 0.25) is 0 Å². The summed E-state index contributed by atoms with van der Waals surface area (Å²) in [5.74, 6) is 1.34. The molecule has 0 spiro atoms. The second-order valence-corrected chi connectivity index (χ2v) is 7.43. The van der Waals surface area contributed by atoms with Crippen LogP contribution in [0.1, 0.15) is 30.5 Å². The van der Waals surface area contributed by atoms with Crippen LogP contribution in [0, 0.1) is 0 Å². The molecule has 29 heavy (non-hydrogen) atoms. The number of hydrogen-bond donors (Lipinski definition) is 2. The van der Waals surface area contributed by atoms with Gasteiger partial charge >= 0.3 is 0 Å². The van der Waals surface area contributed by atoms with E-state index in [2.05, 4.69) is 20.2 Å². The second-order valence-electron chi connectivity index (χ2n) is 7.43. The van der Waals surface area contributed by atoms with E-state index in [0.29, 0.717) is 18.0 Å². The average Bonchev–Trinajstić information content (AvgIpc) is 2.77. The molecule has 0 radical (unpaired) electrons. The van der Waals surface area contributed by atoms with E-state index in [4.69, 9.17) is 9.47 Å². The van der Waals surface area contributed by atoms with Crippen molar-refractivity contribution in [2.45, 2.75) is 38.3 Å². The monoisotopic (exact) mass is 400 g/mol. The Bertz CT molecular complexity index is 723. The van der Waals surface area contributed by atoms with Gasteiger partial charge in [-0.1, -0.05) is 12.5 Å². The quantitative estimate of drug-likeness (QED) is 0.559. The number of piperidine rings is 1. The largest absolute Gasteiger partial charge is 0.493 e. The van der Waals surface area contributed by atoms with Crippen molar-refractivity contribution in [3.63, 3.8) is 0 Å². The third-order valence-corrected chi connectivity index (χ3v) is 5.08. The highest BCUT2D eigenvalue weighted by Crippen LogP contribution is 2.28. The number of nitrogens with zero attached hydrogens (tertiary/aromatic N) is 3. The molecule has 7 nitrogen and oxygen atoms in total. The second kappa shape index (κ2) is 11.7. The van der Waals surface area contributed by atoms with Gasteiger partial charge < -0.3 is 24.8 Å². The summed E-state index contributed by atoms with van der Waals surface area (Å²) >= 11 is 0. The maximum absolute atomic E-state index is 10.3. The molecule has 158 valence electrons. The maximum atomic E-state index is 10.3. The van der Waals surface area contributed by atoms with Crippen LogP contribution in [0.25, 0.3) is 0 Å². The number of β-amino-alcohol motifs (C(OH)–C–C–N with tert-alkyl or cyclic N) is 1. The highest BCUT2D eigenvalue weighted by atomic mass is 16.5. The van der Waals surface area contributed by atoms with Gasteiger partial charge in [-0.15, -0.1) is 0 Å². The Morgan fingerprint density at radius 3 is 2.79 bits per heavy atom. The summed E-state index contributed by atoms with van der Waals surface area (Å²) in [4.78, 5) is 10.7. The molecular weight excluding hydrogens is 368 g/mol. The molecule has 2 N–H and O–H groups in total. The zero-order chi connectivity index (χ0) is 20.3. The van der Waals surface area contributed by atoms with Crippen molar-refractivity contribution in [3.8, 4) is 11.5 Å². The number of aromatic nitrogens is 2. The highest BCUT2D eigenvalue weighted by Gasteiger charge is 2.16. The number of methoxy groups -OCH3 is 1. The molecular formula is C22H32N4O3. The Hall–Kier alpha value is -2.22. The maximum Gasteiger partial charge on any atom is 0.161 e. The number of aliphatic hydroxyl groups excluding tert-OH is 1. The van der Waals surface area contributed by atoms with E-state index in [9.17, 15) is 5.11 Å². The van der Waals surface area contributed by atoms with Gasteiger partial charge in [0.25, 0.3) is 0 Å². The van der Waals surface area contributed by atoms with E-state index < -0.39 is 6.10 Å². The minimum Gasteiger partial charge on any atom is -0.493 e. The summed E-state index contributed by atoms with van der Waals surface area (Å²) in [5.41, 5.74) is 2.08. The third kappa shape index (κ3) is 7.27. The minimum absolute atomic E-state index is 0.260. The van der Waals surface area contributed by atoms with Crippen LogP contribution in [0.4, 0.5) is 0 Å². The van der Waals surface area contributed by atoms with Crippen LogP contribution in [-0.4, -0.2) is 66.0 Å². The van der Waals surface area contributed by atoms with Crippen molar-refractivity contribution < 1.29 is 14.6 Å². The van der Waals surface area contributed by atoms with Gasteiger partial charge in [0.05, 0.1) is 12.8 Å². The molecule has 1 saturated heterocycles. The molecule has 0 saturated carbocycles. The summed E-state index contributed by atoms with van der Waals surface area (Å²) in [6, 6.07) is 5.90. The Balaban J connectivity index is 1.46. The minimum atomic E-state index is -0.508. The van der Waals surface area contributed by atoms with Crippen molar-refractivity contribution in [3.05, 3.63) is 48.0 Å². The molecule has 1 unspecified atom stereocenters. The van der Waals surface area contributed by atoms with Crippen molar-refractivity contribution in [2.24, 2.45) is 0 Å². The lowest BCUT2D eigenvalue weighted by molar-refractivity contribution is 0.0608. The lowest BCUT2D eigenvalue weighted by Crippen LogP contribution is -2.38. The van der Waals surface area contributed by atoms with Gasteiger partial charge in [0, 0.05) is 44.6 Å². The predicted molar refractivity (Wildman–Crippen MR) is 112 cm³/mol. The molecule has 1 aliphatic rings.